The molecule has 1 heterocycles. The number of amides is 1. The quantitative estimate of drug-likeness (QED) is 0.808. The van der Waals surface area contributed by atoms with Gasteiger partial charge in [-0.2, -0.15) is 0 Å². The van der Waals surface area contributed by atoms with Gasteiger partial charge in [0.05, 0.1) is 12.9 Å². The van der Waals surface area contributed by atoms with Crippen molar-refractivity contribution in [3.05, 3.63) is 29.8 Å². The maximum atomic E-state index is 11.9. The van der Waals surface area contributed by atoms with Crippen LogP contribution in [0.2, 0.25) is 0 Å². The van der Waals surface area contributed by atoms with Gasteiger partial charge in [0, 0.05) is 13.1 Å². The number of likely N-dealkylation sites (N-methyl/N-ethyl adjacent to an activating group) is 1. The van der Waals surface area contributed by atoms with Crippen LogP contribution in [0.5, 0.6) is 5.75 Å². The molecule has 1 aliphatic rings. The number of hydrogen-bond acceptors (Lipinski definition) is 4. The van der Waals surface area contributed by atoms with Crippen molar-refractivity contribution in [3.63, 3.8) is 0 Å². The first-order chi connectivity index (χ1) is 9.26. The second kappa shape index (κ2) is 6.82. The Labute approximate surface area is 118 Å². The van der Waals surface area contributed by atoms with Gasteiger partial charge in [0.15, 0.2) is 0 Å². The normalized spacial score (nSPS) is 18.9. The summed E-state index contributed by atoms with van der Waals surface area (Å²) in [6.07, 6.45) is 0. The van der Waals surface area contributed by atoms with E-state index in [-0.39, 0.29) is 11.3 Å². The molecule has 0 bridgehead atoms. The van der Waals surface area contributed by atoms with E-state index in [4.69, 9.17) is 4.74 Å². The lowest BCUT2D eigenvalue weighted by Gasteiger charge is -2.24. The van der Waals surface area contributed by atoms with Crippen molar-refractivity contribution >= 4 is 17.7 Å². The molecule has 4 nitrogen and oxygen atoms in total. The molecule has 1 aromatic rings. The van der Waals surface area contributed by atoms with Crippen LogP contribution in [0.25, 0.3) is 0 Å². The van der Waals surface area contributed by atoms with Crippen molar-refractivity contribution in [2.45, 2.75) is 12.3 Å². The zero-order valence-electron chi connectivity index (χ0n) is 11.4. The molecule has 104 valence electrons. The summed E-state index contributed by atoms with van der Waals surface area (Å²) in [6, 6.07) is 7.97. The number of benzene rings is 1. The van der Waals surface area contributed by atoms with Crippen molar-refractivity contribution in [3.8, 4) is 5.75 Å². The lowest BCUT2D eigenvalue weighted by Crippen LogP contribution is -2.34. The molecule has 0 aromatic heterocycles. The Bertz CT molecular complexity index is 422. The topological polar surface area (TPSA) is 41.6 Å². The van der Waals surface area contributed by atoms with Crippen LogP contribution in [-0.4, -0.2) is 43.3 Å². The SMILES string of the molecule is CCNCCN1C(=O)CS[C@@H]1c1ccc(OC)cc1. The Kier molecular flexibility index (Phi) is 5.10. The lowest BCUT2D eigenvalue weighted by molar-refractivity contribution is -0.128. The maximum Gasteiger partial charge on any atom is 0.233 e. The van der Waals surface area contributed by atoms with Crippen molar-refractivity contribution < 1.29 is 9.53 Å². The number of methoxy groups -OCH3 is 1. The Balaban J connectivity index is 2.05. The molecule has 0 aliphatic carbocycles. The summed E-state index contributed by atoms with van der Waals surface area (Å²) in [7, 11) is 1.66. The summed E-state index contributed by atoms with van der Waals surface area (Å²) < 4.78 is 5.16. The van der Waals surface area contributed by atoms with Crippen LogP contribution in [0.3, 0.4) is 0 Å². The molecule has 1 N–H and O–H groups in total. The zero-order chi connectivity index (χ0) is 13.7. The molecule has 1 saturated heterocycles. The third-order valence-corrected chi connectivity index (χ3v) is 4.40. The van der Waals surface area contributed by atoms with E-state index in [1.165, 1.54) is 0 Å². The van der Waals surface area contributed by atoms with E-state index >= 15 is 0 Å². The molecule has 2 rings (SSSR count). The number of ether oxygens (including phenoxy) is 1. The predicted molar refractivity (Wildman–Crippen MR) is 78.4 cm³/mol. The highest BCUT2D eigenvalue weighted by molar-refractivity contribution is 8.00. The molecule has 5 heteroatoms. The summed E-state index contributed by atoms with van der Waals surface area (Å²) in [4.78, 5) is 13.9. The predicted octanol–water partition coefficient (Wildman–Crippen LogP) is 1.88. The first-order valence-corrected chi connectivity index (χ1v) is 7.57. The van der Waals surface area contributed by atoms with E-state index in [1.54, 1.807) is 18.9 Å². The van der Waals surface area contributed by atoms with Crippen LogP contribution in [-0.2, 0) is 4.79 Å². The second-order valence-corrected chi connectivity index (χ2v) is 5.45. The Morgan fingerprint density at radius 3 is 2.79 bits per heavy atom. The van der Waals surface area contributed by atoms with Crippen molar-refractivity contribution in [1.29, 1.82) is 0 Å². The van der Waals surface area contributed by atoms with Gasteiger partial charge in [0.1, 0.15) is 11.1 Å². The monoisotopic (exact) mass is 280 g/mol. The van der Waals surface area contributed by atoms with Gasteiger partial charge in [0.25, 0.3) is 0 Å². The third kappa shape index (κ3) is 3.42. The van der Waals surface area contributed by atoms with E-state index < -0.39 is 0 Å². The molecule has 0 saturated carbocycles. The molecule has 0 spiro atoms. The fourth-order valence-corrected chi connectivity index (χ4v) is 3.34. The highest BCUT2D eigenvalue weighted by atomic mass is 32.2. The number of carbonyl (C=O) groups is 1. The number of carbonyl (C=O) groups excluding carboxylic acids is 1. The number of nitrogens with zero attached hydrogens (tertiary/aromatic N) is 1. The minimum Gasteiger partial charge on any atom is -0.497 e. The van der Waals surface area contributed by atoms with Gasteiger partial charge >= 0.3 is 0 Å². The Hall–Kier alpha value is -1.20. The molecule has 1 aliphatic heterocycles. The molecule has 1 amide bonds. The van der Waals surface area contributed by atoms with Gasteiger partial charge in [-0.1, -0.05) is 19.1 Å². The van der Waals surface area contributed by atoms with Crippen LogP contribution in [0.1, 0.15) is 17.9 Å². The largest absolute Gasteiger partial charge is 0.497 e. The highest BCUT2D eigenvalue weighted by Gasteiger charge is 2.32. The van der Waals surface area contributed by atoms with Crippen molar-refractivity contribution in [2.75, 3.05) is 32.5 Å². The number of rotatable bonds is 6. The highest BCUT2D eigenvalue weighted by Crippen LogP contribution is 2.38. The van der Waals surface area contributed by atoms with Crippen LogP contribution in [0.4, 0.5) is 0 Å². The maximum absolute atomic E-state index is 11.9. The standard InChI is InChI=1S/C14H20N2O2S/c1-3-15-8-9-16-13(17)10-19-14(16)11-4-6-12(18-2)7-5-11/h4-7,14-15H,3,8-10H2,1-2H3/t14-/m1/s1. The van der Waals surface area contributed by atoms with Crippen molar-refractivity contribution in [2.24, 2.45) is 0 Å². The molecule has 1 aromatic carbocycles. The molecular weight excluding hydrogens is 260 g/mol. The van der Waals surface area contributed by atoms with Crippen LogP contribution < -0.4 is 10.1 Å². The number of nitrogens with one attached hydrogen (secondary N) is 1. The van der Waals surface area contributed by atoms with Crippen LogP contribution >= 0.6 is 11.8 Å². The third-order valence-electron chi connectivity index (χ3n) is 3.15. The summed E-state index contributed by atoms with van der Waals surface area (Å²) in [5, 5.41) is 3.40. The number of hydrogen-bond donors (Lipinski definition) is 1. The fourth-order valence-electron chi connectivity index (χ4n) is 2.12. The minimum atomic E-state index is 0.136. The first-order valence-electron chi connectivity index (χ1n) is 6.52. The molecule has 0 unspecified atom stereocenters. The average molecular weight is 280 g/mol. The van der Waals surface area contributed by atoms with E-state index in [1.807, 2.05) is 29.2 Å². The fraction of sp³-hybridized carbons (Fsp3) is 0.500. The molecule has 0 radical (unpaired) electrons. The van der Waals surface area contributed by atoms with E-state index in [2.05, 4.69) is 12.2 Å². The van der Waals surface area contributed by atoms with Gasteiger partial charge in [-0.25, -0.2) is 0 Å². The molecule has 1 fully saturated rings. The molecule has 19 heavy (non-hydrogen) atoms. The summed E-state index contributed by atoms with van der Waals surface area (Å²) in [5.74, 6) is 1.64. The Morgan fingerprint density at radius 1 is 1.42 bits per heavy atom. The zero-order valence-corrected chi connectivity index (χ0v) is 12.2. The molecule has 1 atom stereocenters. The van der Waals surface area contributed by atoms with Crippen molar-refractivity contribution in [1.82, 2.24) is 10.2 Å². The summed E-state index contributed by atoms with van der Waals surface area (Å²) in [6.45, 7) is 4.61. The summed E-state index contributed by atoms with van der Waals surface area (Å²) >= 11 is 1.69. The van der Waals surface area contributed by atoms with Crippen LogP contribution in [0.15, 0.2) is 24.3 Å². The van der Waals surface area contributed by atoms with Gasteiger partial charge < -0.3 is 15.0 Å². The van der Waals surface area contributed by atoms with Gasteiger partial charge in [-0.05, 0) is 24.2 Å². The van der Waals surface area contributed by atoms with Gasteiger partial charge in [0.2, 0.25) is 5.91 Å². The molecular formula is C14H20N2O2S. The lowest BCUT2D eigenvalue weighted by atomic mass is 10.2. The number of thioether (sulfide) groups is 1. The second-order valence-electron chi connectivity index (χ2n) is 4.38. The Morgan fingerprint density at radius 2 is 2.16 bits per heavy atom. The smallest absolute Gasteiger partial charge is 0.233 e. The van der Waals surface area contributed by atoms with E-state index in [9.17, 15) is 4.79 Å². The van der Waals surface area contributed by atoms with Gasteiger partial charge in [-0.15, -0.1) is 11.8 Å². The summed E-state index contributed by atoms with van der Waals surface area (Å²) in [5.41, 5.74) is 1.16. The van der Waals surface area contributed by atoms with E-state index in [0.29, 0.717) is 5.75 Å². The van der Waals surface area contributed by atoms with Gasteiger partial charge in [-0.3, -0.25) is 4.79 Å². The van der Waals surface area contributed by atoms with E-state index in [0.717, 1.165) is 30.9 Å². The van der Waals surface area contributed by atoms with Crippen LogP contribution in [0, 0.1) is 0 Å². The minimum absolute atomic E-state index is 0.136. The first kappa shape index (κ1) is 14.2. The average Bonchev–Trinajstić information content (AvgIpc) is 2.81.